The number of halogens is 3. The van der Waals surface area contributed by atoms with Gasteiger partial charge in [0.1, 0.15) is 5.82 Å². The molecule has 19 heavy (non-hydrogen) atoms. The lowest BCUT2D eigenvalue weighted by molar-refractivity contribution is -0.132. The van der Waals surface area contributed by atoms with E-state index in [0.717, 1.165) is 0 Å². The Hall–Kier alpha value is -1.99. The van der Waals surface area contributed by atoms with Crippen molar-refractivity contribution in [3.63, 3.8) is 0 Å². The number of pyridine rings is 1. The number of aromatic nitrogens is 1. The van der Waals surface area contributed by atoms with Crippen molar-refractivity contribution in [1.82, 2.24) is 4.98 Å². The Morgan fingerprint density at radius 2 is 2.11 bits per heavy atom. The summed E-state index contributed by atoms with van der Waals surface area (Å²) in [6.07, 6.45) is -5.15. The van der Waals surface area contributed by atoms with Crippen LogP contribution >= 0.6 is 0 Å². The van der Waals surface area contributed by atoms with Gasteiger partial charge in [-0.1, -0.05) is 5.16 Å². The van der Waals surface area contributed by atoms with Gasteiger partial charge in [0.25, 0.3) is 0 Å². The number of alkyl halides is 3. The van der Waals surface area contributed by atoms with Crippen molar-refractivity contribution in [2.75, 3.05) is 18.5 Å². The predicted octanol–water partition coefficient (Wildman–Crippen LogP) is 1.87. The maximum Gasteiger partial charge on any atom is 0.390 e. The number of aryl methyl sites for hydroxylation is 1. The van der Waals surface area contributed by atoms with Crippen LogP contribution in [0.3, 0.4) is 0 Å². The van der Waals surface area contributed by atoms with E-state index in [4.69, 9.17) is 10.9 Å². The van der Waals surface area contributed by atoms with Crippen LogP contribution < -0.4 is 10.6 Å². The fourth-order valence-electron chi connectivity index (χ4n) is 1.46. The molecule has 0 aliphatic rings. The van der Waals surface area contributed by atoms with E-state index in [-0.39, 0.29) is 12.4 Å². The number of rotatable bonds is 4. The second kappa shape index (κ2) is 5.77. The van der Waals surface area contributed by atoms with Crippen molar-refractivity contribution in [2.45, 2.75) is 19.5 Å². The lowest BCUT2D eigenvalue weighted by Crippen LogP contribution is -2.25. The Balaban J connectivity index is 2.91. The first-order chi connectivity index (χ1) is 8.73. The van der Waals surface area contributed by atoms with Gasteiger partial charge in [-0.3, -0.25) is 0 Å². The molecule has 1 aromatic rings. The molecule has 1 rings (SSSR count). The number of hydrogen-bond acceptors (Lipinski definition) is 4. The van der Waals surface area contributed by atoms with E-state index >= 15 is 0 Å². The summed E-state index contributed by atoms with van der Waals surface area (Å²) in [7, 11) is 1.50. The van der Waals surface area contributed by atoms with E-state index in [1.54, 1.807) is 13.0 Å². The number of oxime groups is 1. The van der Waals surface area contributed by atoms with Gasteiger partial charge >= 0.3 is 6.18 Å². The lowest BCUT2D eigenvalue weighted by atomic mass is 10.2. The number of amidine groups is 1. The van der Waals surface area contributed by atoms with Crippen LogP contribution in [0.2, 0.25) is 0 Å². The Kier molecular flexibility index (Phi) is 4.57. The molecule has 106 valence electrons. The molecule has 0 radical (unpaired) electrons. The highest BCUT2D eigenvalue weighted by Gasteiger charge is 2.27. The van der Waals surface area contributed by atoms with Gasteiger partial charge in [0, 0.05) is 24.8 Å². The minimum atomic E-state index is -4.22. The molecule has 0 spiro atoms. The Bertz CT molecular complexity index is 473. The molecular weight excluding hydrogens is 261 g/mol. The molecule has 1 aromatic heterocycles. The second-order valence-electron chi connectivity index (χ2n) is 4.13. The molecule has 5 nitrogen and oxygen atoms in total. The third-order valence-corrected chi connectivity index (χ3v) is 2.47. The number of anilines is 1. The fraction of sp³-hybridized carbons (Fsp3) is 0.455. The van der Waals surface area contributed by atoms with Crippen molar-refractivity contribution in [1.29, 1.82) is 0 Å². The van der Waals surface area contributed by atoms with Crippen LogP contribution in [-0.4, -0.2) is 35.8 Å². The first kappa shape index (κ1) is 15.1. The number of nitrogens with zero attached hydrogens (tertiary/aromatic N) is 3. The van der Waals surface area contributed by atoms with Crippen molar-refractivity contribution < 1.29 is 18.4 Å². The van der Waals surface area contributed by atoms with Gasteiger partial charge in [-0.15, -0.1) is 0 Å². The Labute approximate surface area is 108 Å². The van der Waals surface area contributed by atoms with E-state index in [9.17, 15) is 13.2 Å². The topological polar surface area (TPSA) is 74.7 Å². The summed E-state index contributed by atoms with van der Waals surface area (Å²) >= 11 is 0. The smallest absolute Gasteiger partial charge is 0.390 e. The largest absolute Gasteiger partial charge is 0.409 e. The highest BCUT2D eigenvalue weighted by molar-refractivity contribution is 5.97. The molecule has 0 aliphatic carbocycles. The molecule has 0 amide bonds. The Morgan fingerprint density at radius 1 is 1.47 bits per heavy atom. The van der Waals surface area contributed by atoms with E-state index in [2.05, 4.69) is 10.1 Å². The first-order valence-electron chi connectivity index (χ1n) is 5.47. The zero-order valence-corrected chi connectivity index (χ0v) is 10.6. The standard InChI is InChI=1S/C11H15F3N4O/c1-7-5-8(10(15)17-19)6-9(16-7)18(2)4-3-11(12,13)14/h5-6,19H,3-4H2,1-2H3,(H2,15,17). The average molecular weight is 276 g/mol. The molecule has 1 heterocycles. The summed E-state index contributed by atoms with van der Waals surface area (Å²) in [5, 5.41) is 11.5. The summed E-state index contributed by atoms with van der Waals surface area (Å²) in [6, 6.07) is 3.05. The molecule has 0 unspecified atom stereocenters. The third kappa shape index (κ3) is 4.65. The molecule has 0 aromatic carbocycles. The van der Waals surface area contributed by atoms with Crippen LogP contribution in [0.25, 0.3) is 0 Å². The van der Waals surface area contributed by atoms with Crippen molar-refractivity contribution >= 4 is 11.7 Å². The molecule has 0 bridgehead atoms. The Morgan fingerprint density at radius 3 is 2.63 bits per heavy atom. The van der Waals surface area contributed by atoms with Crippen LogP contribution in [-0.2, 0) is 0 Å². The highest BCUT2D eigenvalue weighted by atomic mass is 19.4. The zero-order chi connectivity index (χ0) is 14.6. The zero-order valence-electron chi connectivity index (χ0n) is 10.6. The third-order valence-electron chi connectivity index (χ3n) is 2.47. The minimum Gasteiger partial charge on any atom is -0.409 e. The second-order valence-corrected chi connectivity index (χ2v) is 4.13. The summed E-state index contributed by atoms with van der Waals surface area (Å²) < 4.78 is 36.5. The van der Waals surface area contributed by atoms with Crippen molar-refractivity contribution in [3.05, 3.63) is 23.4 Å². The molecule has 8 heteroatoms. The van der Waals surface area contributed by atoms with E-state index < -0.39 is 12.6 Å². The molecule has 0 fully saturated rings. The van der Waals surface area contributed by atoms with Gasteiger partial charge in [0.2, 0.25) is 0 Å². The van der Waals surface area contributed by atoms with Crippen LogP contribution in [0.1, 0.15) is 17.7 Å². The van der Waals surface area contributed by atoms with Gasteiger partial charge in [0.05, 0.1) is 6.42 Å². The van der Waals surface area contributed by atoms with Gasteiger partial charge < -0.3 is 15.8 Å². The van der Waals surface area contributed by atoms with Crippen molar-refractivity contribution in [2.24, 2.45) is 10.9 Å². The summed E-state index contributed by atoms with van der Waals surface area (Å²) in [4.78, 5) is 5.49. The van der Waals surface area contributed by atoms with Crippen LogP contribution in [0, 0.1) is 6.92 Å². The maximum atomic E-state index is 12.2. The maximum absolute atomic E-state index is 12.2. The van der Waals surface area contributed by atoms with Crippen LogP contribution in [0.15, 0.2) is 17.3 Å². The molecule has 0 saturated carbocycles. The van der Waals surface area contributed by atoms with Crippen molar-refractivity contribution in [3.8, 4) is 0 Å². The first-order valence-corrected chi connectivity index (χ1v) is 5.47. The van der Waals surface area contributed by atoms with E-state index in [1.807, 2.05) is 0 Å². The number of nitrogens with two attached hydrogens (primary N) is 1. The summed E-state index contributed by atoms with van der Waals surface area (Å²) in [5.74, 6) is 0.224. The quantitative estimate of drug-likeness (QED) is 0.381. The van der Waals surface area contributed by atoms with E-state index in [1.165, 1.54) is 18.0 Å². The average Bonchev–Trinajstić information content (AvgIpc) is 2.33. The molecule has 0 saturated heterocycles. The van der Waals surface area contributed by atoms with Gasteiger partial charge in [-0.05, 0) is 19.1 Å². The normalized spacial score (nSPS) is 12.6. The van der Waals surface area contributed by atoms with Crippen LogP contribution in [0.5, 0.6) is 0 Å². The summed E-state index contributed by atoms with van der Waals surface area (Å²) in [5.41, 5.74) is 6.42. The molecule has 3 N–H and O–H groups in total. The fourth-order valence-corrected chi connectivity index (χ4v) is 1.46. The molecule has 0 aliphatic heterocycles. The lowest BCUT2D eigenvalue weighted by Gasteiger charge is -2.20. The predicted molar refractivity (Wildman–Crippen MR) is 65.4 cm³/mol. The van der Waals surface area contributed by atoms with E-state index in [0.29, 0.717) is 17.1 Å². The van der Waals surface area contributed by atoms with Gasteiger partial charge in [-0.2, -0.15) is 13.2 Å². The van der Waals surface area contributed by atoms with Gasteiger partial charge in [0.15, 0.2) is 5.84 Å². The monoisotopic (exact) mass is 276 g/mol. The highest BCUT2D eigenvalue weighted by Crippen LogP contribution is 2.21. The number of hydrogen-bond donors (Lipinski definition) is 2. The molecular formula is C11H15F3N4O. The van der Waals surface area contributed by atoms with Gasteiger partial charge in [-0.25, -0.2) is 4.98 Å². The van der Waals surface area contributed by atoms with Crippen LogP contribution in [0.4, 0.5) is 19.0 Å². The molecule has 0 atom stereocenters. The SMILES string of the molecule is Cc1cc(/C(N)=N/O)cc(N(C)CCC(F)(F)F)n1. The summed E-state index contributed by atoms with van der Waals surface area (Å²) in [6.45, 7) is 1.46. The minimum absolute atomic E-state index is 0.115.